The molecule has 5 nitrogen and oxygen atoms in total. The fourth-order valence-corrected chi connectivity index (χ4v) is 4.49. The van der Waals surface area contributed by atoms with Crippen molar-refractivity contribution in [1.29, 1.82) is 0 Å². The van der Waals surface area contributed by atoms with Gasteiger partial charge in [-0.05, 0) is 25.5 Å². The Bertz CT molecular complexity index is 669. The first kappa shape index (κ1) is 15.2. The molecule has 4 rings (SSSR count). The highest BCUT2D eigenvalue weighted by Gasteiger charge is 2.30. The third-order valence-corrected chi connectivity index (χ3v) is 5.75. The van der Waals surface area contributed by atoms with E-state index in [0.717, 1.165) is 55.8 Å². The number of hydrogen-bond acceptors (Lipinski definition) is 6. The molecule has 0 saturated carbocycles. The van der Waals surface area contributed by atoms with Gasteiger partial charge >= 0.3 is 0 Å². The Morgan fingerprint density at radius 3 is 3.00 bits per heavy atom. The van der Waals surface area contributed by atoms with E-state index in [1.165, 1.54) is 11.1 Å². The number of morpholine rings is 1. The number of nitrogens with zero attached hydrogens (tertiary/aromatic N) is 3. The molecule has 124 valence electrons. The van der Waals surface area contributed by atoms with Crippen LogP contribution in [0.3, 0.4) is 0 Å². The zero-order valence-electron chi connectivity index (χ0n) is 13.5. The quantitative estimate of drug-likeness (QED) is 0.860. The Morgan fingerprint density at radius 2 is 2.17 bits per heavy atom. The van der Waals surface area contributed by atoms with Gasteiger partial charge in [-0.1, -0.05) is 17.4 Å². The van der Waals surface area contributed by atoms with E-state index < -0.39 is 0 Å². The zero-order chi connectivity index (χ0) is 15.6. The van der Waals surface area contributed by atoms with Crippen LogP contribution in [0.4, 0.5) is 5.13 Å². The summed E-state index contributed by atoms with van der Waals surface area (Å²) in [4.78, 5) is 9.87. The third-order valence-electron chi connectivity index (χ3n) is 4.67. The SMILES string of the molecule is CCOc1cccc2sc(N3CCC(N4CCOCC4)C3)nc12. The van der Waals surface area contributed by atoms with Crippen LogP contribution in [0.5, 0.6) is 5.75 Å². The molecular weight excluding hydrogens is 310 g/mol. The molecule has 0 bridgehead atoms. The van der Waals surface area contributed by atoms with Crippen LogP contribution >= 0.6 is 11.3 Å². The molecule has 2 aromatic rings. The van der Waals surface area contributed by atoms with Crippen molar-refractivity contribution in [3.63, 3.8) is 0 Å². The van der Waals surface area contributed by atoms with Crippen LogP contribution < -0.4 is 9.64 Å². The average molecular weight is 333 g/mol. The van der Waals surface area contributed by atoms with Gasteiger partial charge in [-0.15, -0.1) is 0 Å². The molecule has 6 heteroatoms. The summed E-state index contributed by atoms with van der Waals surface area (Å²) < 4.78 is 12.4. The van der Waals surface area contributed by atoms with Gasteiger partial charge in [0, 0.05) is 32.2 Å². The first-order valence-electron chi connectivity index (χ1n) is 8.44. The molecule has 0 amide bonds. The number of hydrogen-bond donors (Lipinski definition) is 0. The minimum Gasteiger partial charge on any atom is -0.492 e. The van der Waals surface area contributed by atoms with Crippen LogP contribution in [-0.2, 0) is 4.74 Å². The number of thiazole rings is 1. The fraction of sp³-hybridized carbons (Fsp3) is 0.588. The highest BCUT2D eigenvalue weighted by Crippen LogP contribution is 2.35. The predicted molar refractivity (Wildman–Crippen MR) is 93.8 cm³/mol. The maximum atomic E-state index is 5.71. The van der Waals surface area contributed by atoms with Crippen LogP contribution in [0, 0.1) is 0 Å². The molecule has 0 radical (unpaired) electrons. The topological polar surface area (TPSA) is 37.8 Å². The molecular formula is C17H23N3O2S. The molecule has 2 aliphatic rings. The van der Waals surface area contributed by atoms with Crippen LogP contribution in [0.1, 0.15) is 13.3 Å². The molecule has 0 spiro atoms. The molecule has 1 aromatic heterocycles. The third kappa shape index (κ3) is 3.03. The first-order chi connectivity index (χ1) is 11.3. The number of benzene rings is 1. The predicted octanol–water partition coefficient (Wildman–Crippen LogP) is 2.61. The second-order valence-electron chi connectivity index (χ2n) is 6.07. The lowest BCUT2D eigenvalue weighted by atomic mass is 10.2. The monoisotopic (exact) mass is 333 g/mol. The Kier molecular flexibility index (Phi) is 4.37. The summed E-state index contributed by atoms with van der Waals surface area (Å²) in [5.74, 6) is 0.899. The molecule has 0 aliphatic carbocycles. The minimum atomic E-state index is 0.636. The second-order valence-corrected chi connectivity index (χ2v) is 7.08. The number of anilines is 1. The zero-order valence-corrected chi connectivity index (χ0v) is 14.3. The molecule has 1 unspecified atom stereocenters. The largest absolute Gasteiger partial charge is 0.492 e. The van der Waals surface area contributed by atoms with Gasteiger partial charge in [0.15, 0.2) is 5.13 Å². The Labute approximate surface area is 140 Å². The summed E-state index contributed by atoms with van der Waals surface area (Å²) in [5, 5.41) is 1.13. The standard InChI is InChI=1S/C17H23N3O2S/c1-2-22-14-4-3-5-15-16(14)18-17(23-15)20-7-6-13(12-20)19-8-10-21-11-9-19/h3-5,13H,2,6-12H2,1H3. The normalized spacial score (nSPS) is 22.8. The van der Waals surface area contributed by atoms with Crippen molar-refractivity contribution in [3.8, 4) is 5.75 Å². The van der Waals surface area contributed by atoms with Crippen molar-refractivity contribution < 1.29 is 9.47 Å². The number of aromatic nitrogens is 1. The van der Waals surface area contributed by atoms with Gasteiger partial charge in [0.2, 0.25) is 0 Å². The van der Waals surface area contributed by atoms with Crippen molar-refractivity contribution in [2.75, 3.05) is 50.9 Å². The minimum absolute atomic E-state index is 0.636. The van der Waals surface area contributed by atoms with Crippen molar-refractivity contribution in [3.05, 3.63) is 18.2 Å². The average Bonchev–Trinajstić information content (AvgIpc) is 3.23. The Balaban J connectivity index is 1.52. The smallest absolute Gasteiger partial charge is 0.186 e. The second kappa shape index (κ2) is 6.63. The number of para-hydroxylation sites is 1. The van der Waals surface area contributed by atoms with Gasteiger partial charge in [-0.2, -0.15) is 0 Å². The van der Waals surface area contributed by atoms with Crippen LogP contribution in [-0.4, -0.2) is 61.9 Å². The Morgan fingerprint density at radius 1 is 1.30 bits per heavy atom. The van der Waals surface area contributed by atoms with Crippen molar-refractivity contribution in [2.24, 2.45) is 0 Å². The summed E-state index contributed by atoms with van der Waals surface area (Å²) in [6.45, 7) is 8.72. The molecule has 3 heterocycles. The van der Waals surface area contributed by atoms with Crippen molar-refractivity contribution in [1.82, 2.24) is 9.88 Å². The summed E-state index contributed by atoms with van der Waals surface area (Å²) in [5.41, 5.74) is 1.00. The van der Waals surface area contributed by atoms with Gasteiger partial charge in [0.1, 0.15) is 11.3 Å². The van der Waals surface area contributed by atoms with Crippen LogP contribution in [0.25, 0.3) is 10.2 Å². The number of rotatable bonds is 4. The maximum absolute atomic E-state index is 5.71. The summed E-state index contributed by atoms with van der Waals surface area (Å²) in [7, 11) is 0. The van der Waals surface area contributed by atoms with Crippen molar-refractivity contribution >= 4 is 26.7 Å². The van der Waals surface area contributed by atoms with Gasteiger partial charge in [-0.25, -0.2) is 4.98 Å². The number of fused-ring (bicyclic) bond motifs is 1. The van der Waals surface area contributed by atoms with E-state index in [-0.39, 0.29) is 0 Å². The molecule has 2 fully saturated rings. The lowest BCUT2D eigenvalue weighted by Gasteiger charge is -2.32. The lowest BCUT2D eigenvalue weighted by molar-refractivity contribution is 0.0209. The van der Waals surface area contributed by atoms with Crippen LogP contribution in [0.15, 0.2) is 18.2 Å². The fourth-order valence-electron chi connectivity index (χ4n) is 3.48. The van der Waals surface area contributed by atoms with E-state index in [4.69, 9.17) is 14.5 Å². The molecule has 1 atom stereocenters. The van der Waals surface area contributed by atoms with E-state index >= 15 is 0 Å². The van der Waals surface area contributed by atoms with E-state index in [1.807, 2.05) is 13.0 Å². The molecule has 0 N–H and O–H groups in total. The summed E-state index contributed by atoms with van der Waals surface area (Å²) in [6.07, 6.45) is 1.22. The van der Waals surface area contributed by atoms with Gasteiger partial charge in [-0.3, -0.25) is 4.90 Å². The Hall–Kier alpha value is -1.37. The maximum Gasteiger partial charge on any atom is 0.186 e. The van der Waals surface area contributed by atoms with Gasteiger partial charge < -0.3 is 14.4 Å². The van der Waals surface area contributed by atoms with Crippen molar-refractivity contribution in [2.45, 2.75) is 19.4 Å². The molecule has 2 saturated heterocycles. The van der Waals surface area contributed by atoms with Gasteiger partial charge in [0.25, 0.3) is 0 Å². The summed E-state index contributed by atoms with van der Waals surface area (Å²) >= 11 is 1.77. The van der Waals surface area contributed by atoms with Crippen LogP contribution in [0.2, 0.25) is 0 Å². The highest BCUT2D eigenvalue weighted by molar-refractivity contribution is 7.22. The molecule has 23 heavy (non-hydrogen) atoms. The van der Waals surface area contributed by atoms with E-state index in [1.54, 1.807) is 11.3 Å². The van der Waals surface area contributed by atoms with E-state index in [9.17, 15) is 0 Å². The lowest BCUT2D eigenvalue weighted by Crippen LogP contribution is -2.44. The summed E-state index contributed by atoms with van der Waals surface area (Å²) in [6, 6.07) is 6.83. The molecule has 2 aliphatic heterocycles. The van der Waals surface area contributed by atoms with Gasteiger partial charge in [0.05, 0.1) is 24.5 Å². The highest BCUT2D eigenvalue weighted by atomic mass is 32.1. The number of ether oxygens (including phenoxy) is 2. The first-order valence-corrected chi connectivity index (χ1v) is 9.26. The van der Waals surface area contributed by atoms with E-state index in [2.05, 4.69) is 21.9 Å². The molecule has 1 aromatic carbocycles. The van der Waals surface area contributed by atoms with E-state index in [0.29, 0.717) is 12.6 Å².